The van der Waals surface area contributed by atoms with E-state index in [1.165, 1.54) is 12.5 Å². The molecule has 1 atom stereocenters. The van der Waals surface area contributed by atoms with Gasteiger partial charge in [-0.2, -0.15) is 0 Å². The van der Waals surface area contributed by atoms with Gasteiger partial charge in [0, 0.05) is 19.2 Å². The quantitative estimate of drug-likeness (QED) is 0.910. The Morgan fingerprint density at radius 1 is 1.12 bits per heavy atom. The van der Waals surface area contributed by atoms with Crippen molar-refractivity contribution in [2.45, 2.75) is 46.1 Å². The zero-order valence-corrected chi connectivity index (χ0v) is 15.7. The fourth-order valence-electron chi connectivity index (χ4n) is 3.68. The van der Waals surface area contributed by atoms with Crippen molar-refractivity contribution < 1.29 is 9.59 Å². The Kier molecular flexibility index (Phi) is 5.40. The van der Waals surface area contributed by atoms with Gasteiger partial charge in [0.05, 0.1) is 12.5 Å². The third-order valence-corrected chi connectivity index (χ3v) is 4.96. The summed E-state index contributed by atoms with van der Waals surface area (Å²) in [7, 11) is 0. The molecular weight excluding hydrogens is 324 g/mol. The van der Waals surface area contributed by atoms with Gasteiger partial charge in [-0.05, 0) is 43.4 Å². The highest BCUT2D eigenvalue weighted by Gasteiger charge is 2.27. The molecule has 1 N–H and O–H groups in total. The molecule has 3 rings (SSSR count). The first-order chi connectivity index (χ1) is 12.5. The number of para-hydroxylation sites is 1. The van der Waals surface area contributed by atoms with Gasteiger partial charge in [0.15, 0.2) is 0 Å². The maximum absolute atomic E-state index is 13.1. The summed E-state index contributed by atoms with van der Waals surface area (Å²) >= 11 is 0. The molecule has 4 nitrogen and oxygen atoms in total. The monoisotopic (exact) mass is 350 g/mol. The van der Waals surface area contributed by atoms with Crippen LogP contribution in [-0.4, -0.2) is 18.4 Å². The largest absolute Gasteiger partial charge is 0.349 e. The topological polar surface area (TPSA) is 49.4 Å². The number of rotatable bonds is 4. The molecule has 0 fully saturated rings. The van der Waals surface area contributed by atoms with Crippen molar-refractivity contribution in [2.75, 3.05) is 11.4 Å². The molecule has 1 aliphatic rings. The lowest BCUT2D eigenvalue weighted by molar-refractivity contribution is -0.121. The molecule has 2 aromatic carbocycles. The number of nitrogens with one attached hydrogen (secondary N) is 1. The van der Waals surface area contributed by atoms with Crippen molar-refractivity contribution in [3.05, 3.63) is 64.7 Å². The van der Waals surface area contributed by atoms with Crippen LogP contribution < -0.4 is 10.2 Å². The molecule has 1 aliphatic heterocycles. The number of fused-ring (bicyclic) bond motifs is 1. The van der Waals surface area contributed by atoms with E-state index in [0.717, 1.165) is 41.8 Å². The minimum atomic E-state index is -0.310. The number of nitrogens with zero attached hydrogens (tertiary/aromatic N) is 1. The number of carbonyl (C=O) groups excluding carboxylic acids is 2. The van der Waals surface area contributed by atoms with Gasteiger partial charge in [-0.3, -0.25) is 9.59 Å². The van der Waals surface area contributed by atoms with Crippen LogP contribution in [0.2, 0.25) is 0 Å². The highest BCUT2D eigenvalue weighted by atomic mass is 16.2. The fourth-order valence-corrected chi connectivity index (χ4v) is 3.68. The number of anilines is 1. The molecule has 2 amide bonds. The predicted octanol–water partition coefficient (Wildman–Crippen LogP) is 3.85. The molecule has 26 heavy (non-hydrogen) atoms. The van der Waals surface area contributed by atoms with E-state index in [2.05, 4.69) is 30.4 Å². The molecule has 0 bridgehead atoms. The Morgan fingerprint density at radius 2 is 1.85 bits per heavy atom. The number of aryl methyl sites for hydroxylation is 3. The summed E-state index contributed by atoms with van der Waals surface area (Å²) < 4.78 is 0. The molecule has 0 saturated heterocycles. The van der Waals surface area contributed by atoms with Crippen LogP contribution in [-0.2, 0) is 16.0 Å². The maximum Gasteiger partial charge on any atom is 0.229 e. The van der Waals surface area contributed by atoms with Crippen LogP contribution in [0.15, 0.2) is 42.5 Å². The van der Waals surface area contributed by atoms with E-state index in [4.69, 9.17) is 0 Å². The Balaban J connectivity index is 1.85. The average Bonchev–Trinajstić information content (AvgIpc) is 2.61. The van der Waals surface area contributed by atoms with Crippen molar-refractivity contribution in [3.63, 3.8) is 0 Å². The molecule has 0 aromatic heterocycles. The lowest BCUT2D eigenvalue weighted by atomic mass is 9.96. The fraction of sp³-hybridized carbons (Fsp3) is 0.364. The SMILES string of the molecule is CC(=O)NC(CC(=O)N1CCCc2cccc(C)c21)c1ccc(C)cc1. The summed E-state index contributed by atoms with van der Waals surface area (Å²) in [6.07, 6.45) is 2.24. The summed E-state index contributed by atoms with van der Waals surface area (Å²) in [5, 5.41) is 2.94. The Morgan fingerprint density at radius 3 is 2.54 bits per heavy atom. The van der Waals surface area contributed by atoms with Crippen LogP contribution in [0.25, 0.3) is 0 Å². The Labute approximate surface area is 155 Å². The Hall–Kier alpha value is -2.62. The van der Waals surface area contributed by atoms with Crippen molar-refractivity contribution >= 4 is 17.5 Å². The number of hydrogen-bond donors (Lipinski definition) is 1. The van der Waals surface area contributed by atoms with E-state index in [0.29, 0.717) is 0 Å². The minimum absolute atomic E-state index is 0.0552. The molecule has 0 saturated carbocycles. The highest BCUT2D eigenvalue weighted by Crippen LogP contribution is 2.32. The van der Waals surface area contributed by atoms with Crippen LogP contribution in [0, 0.1) is 13.8 Å². The summed E-state index contributed by atoms with van der Waals surface area (Å²) in [6.45, 7) is 6.30. The van der Waals surface area contributed by atoms with Crippen LogP contribution in [0.4, 0.5) is 5.69 Å². The highest BCUT2D eigenvalue weighted by molar-refractivity contribution is 5.96. The molecular formula is C22H26N2O2. The molecule has 1 unspecified atom stereocenters. The molecule has 1 heterocycles. The second-order valence-corrected chi connectivity index (χ2v) is 7.10. The number of amides is 2. The zero-order chi connectivity index (χ0) is 18.7. The van der Waals surface area contributed by atoms with Gasteiger partial charge in [0.25, 0.3) is 0 Å². The van der Waals surface area contributed by atoms with Crippen LogP contribution >= 0.6 is 0 Å². The molecule has 4 heteroatoms. The third-order valence-electron chi connectivity index (χ3n) is 4.96. The van der Waals surface area contributed by atoms with Gasteiger partial charge in [-0.15, -0.1) is 0 Å². The predicted molar refractivity (Wildman–Crippen MR) is 104 cm³/mol. The standard InChI is InChI=1S/C22H26N2O2/c1-15-9-11-18(12-10-15)20(23-17(3)25)14-21(26)24-13-5-8-19-7-4-6-16(2)22(19)24/h4,6-7,9-12,20H,5,8,13-14H2,1-3H3,(H,23,25). The summed E-state index contributed by atoms with van der Waals surface area (Å²) in [5.74, 6) is -0.0711. The average molecular weight is 350 g/mol. The van der Waals surface area contributed by atoms with Crippen molar-refractivity contribution in [1.29, 1.82) is 0 Å². The number of benzene rings is 2. The smallest absolute Gasteiger partial charge is 0.229 e. The van der Waals surface area contributed by atoms with Crippen molar-refractivity contribution in [3.8, 4) is 0 Å². The lowest BCUT2D eigenvalue weighted by Gasteiger charge is -2.32. The number of hydrogen-bond acceptors (Lipinski definition) is 2. The van der Waals surface area contributed by atoms with E-state index in [9.17, 15) is 9.59 Å². The van der Waals surface area contributed by atoms with Gasteiger partial charge in [0.2, 0.25) is 11.8 Å². The van der Waals surface area contributed by atoms with Gasteiger partial charge in [-0.1, -0.05) is 48.0 Å². The van der Waals surface area contributed by atoms with Gasteiger partial charge >= 0.3 is 0 Å². The van der Waals surface area contributed by atoms with Crippen LogP contribution in [0.5, 0.6) is 0 Å². The summed E-state index contributed by atoms with van der Waals surface area (Å²) in [5.41, 5.74) is 5.52. The molecule has 0 radical (unpaired) electrons. The normalized spacial score (nSPS) is 14.5. The van der Waals surface area contributed by atoms with E-state index in [-0.39, 0.29) is 24.3 Å². The Bertz CT molecular complexity index is 811. The maximum atomic E-state index is 13.1. The number of carbonyl (C=O) groups is 2. The molecule has 0 aliphatic carbocycles. The minimum Gasteiger partial charge on any atom is -0.349 e. The first-order valence-electron chi connectivity index (χ1n) is 9.18. The summed E-state index contributed by atoms with van der Waals surface area (Å²) in [4.78, 5) is 26.7. The second-order valence-electron chi connectivity index (χ2n) is 7.10. The van der Waals surface area contributed by atoms with Gasteiger partial charge < -0.3 is 10.2 Å². The lowest BCUT2D eigenvalue weighted by Crippen LogP contribution is -2.39. The van der Waals surface area contributed by atoms with Gasteiger partial charge in [0.1, 0.15) is 0 Å². The first-order valence-corrected chi connectivity index (χ1v) is 9.18. The van der Waals surface area contributed by atoms with E-state index >= 15 is 0 Å². The van der Waals surface area contributed by atoms with E-state index in [1.807, 2.05) is 36.1 Å². The zero-order valence-electron chi connectivity index (χ0n) is 15.7. The van der Waals surface area contributed by atoms with Crippen LogP contribution in [0.3, 0.4) is 0 Å². The summed E-state index contributed by atoms with van der Waals surface area (Å²) in [6, 6.07) is 13.9. The van der Waals surface area contributed by atoms with Gasteiger partial charge in [-0.25, -0.2) is 0 Å². The molecule has 2 aromatic rings. The van der Waals surface area contributed by atoms with Crippen molar-refractivity contribution in [2.24, 2.45) is 0 Å². The van der Waals surface area contributed by atoms with Crippen molar-refractivity contribution in [1.82, 2.24) is 5.32 Å². The second kappa shape index (κ2) is 7.73. The van der Waals surface area contributed by atoms with Crippen LogP contribution in [0.1, 0.15) is 48.1 Å². The molecule has 0 spiro atoms. The first kappa shape index (κ1) is 18.2. The molecule has 136 valence electrons. The van der Waals surface area contributed by atoms with E-state index in [1.54, 1.807) is 0 Å². The third kappa shape index (κ3) is 3.96. The van der Waals surface area contributed by atoms with E-state index < -0.39 is 0 Å².